The maximum Gasteiger partial charge on any atom is 0.310 e. The van der Waals surface area contributed by atoms with Crippen LogP contribution in [0.2, 0.25) is 0 Å². The van der Waals surface area contributed by atoms with Gasteiger partial charge >= 0.3 is 5.97 Å². The Morgan fingerprint density at radius 2 is 1.73 bits per heavy atom. The zero-order chi connectivity index (χ0) is 21.3. The van der Waals surface area contributed by atoms with Gasteiger partial charge in [0.2, 0.25) is 0 Å². The molecule has 4 rings (SSSR count). The molecular weight excluding hydrogens is 383 g/mol. The Hall–Kier alpha value is -3.86. The van der Waals surface area contributed by atoms with Crippen LogP contribution in [0.1, 0.15) is 18.4 Å². The van der Waals surface area contributed by atoms with Crippen molar-refractivity contribution in [3.8, 4) is 28.4 Å². The van der Waals surface area contributed by atoms with Crippen LogP contribution in [0.15, 0.2) is 78.9 Å². The Balaban J connectivity index is 1.81. The number of fused-ring (bicyclic) bond motifs is 1. The van der Waals surface area contributed by atoms with Crippen LogP contribution in [0.4, 0.5) is 4.39 Å². The van der Waals surface area contributed by atoms with Crippen LogP contribution in [-0.2, 0) is 4.79 Å². The second kappa shape index (κ2) is 7.87. The Morgan fingerprint density at radius 1 is 0.967 bits per heavy atom. The number of phenols is 1. The van der Waals surface area contributed by atoms with Crippen LogP contribution < -0.4 is 4.74 Å². The van der Waals surface area contributed by atoms with Gasteiger partial charge in [-0.3, -0.25) is 4.79 Å². The predicted octanol–water partition coefficient (Wildman–Crippen LogP) is 6.33. The third kappa shape index (κ3) is 3.82. The summed E-state index contributed by atoms with van der Waals surface area (Å²) in [6.07, 6.45) is 0. The lowest BCUT2D eigenvalue weighted by Crippen LogP contribution is -2.06. The number of phenolic OH excluding ortho intramolecular Hbond substituents is 1. The summed E-state index contributed by atoms with van der Waals surface area (Å²) in [6.45, 7) is 1.62. The molecule has 4 nitrogen and oxygen atoms in total. The van der Waals surface area contributed by atoms with E-state index >= 15 is 0 Å². The Labute approximate surface area is 172 Å². The van der Waals surface area contributed by atoms with Gasteiger partial charge in [-0.15, -0.1) is 0 Å². The molecule has 0 spiro atoms. The number of hydrogen-bond donors (Lipinski definition) is 2. The summed E-state index contributed by atoms with van der Waals surface area (Å²) in [4.78, 5) is 11.2. The summed E-state index contributed by atoms with van der Waals surface area (Å²) < 4.78 is 20.0. The molecule has 0 heterocycles. The van der Waals surface area contributed by atoms with Gasteiger partial charge in [0.25, 0.3) is 0 Å². The van der Waals surface area contributed by atoms with Crippen molar-refractivity contribution >= 4 is 16.7 Å². The first-order valence-electron chi connectivity index (χ1n) is 9.44. The highest BCUT2D eigenvalue weighted by Gasteiger charge is 2.16. The molecule has 0 radical (unpaired) electrons. The fourth-order valence-corrected chi connectivity index (χ4v) is 3.37. The van der Waals surface area contributed by atoms with Crippen molar-refractivity contribution in [2.24, 2.45) is 0 Å². The summed E-state index contributed by atoms with van der Waals surface area (Å²) in [5.74, 6) is -0.685. The van der Waals surface area contributed by atoms with Crippen molar-refractivity contribution in [2.75, 3.05) is 0 Å². The summed E-state index contributed by atoms with van der Waals surface area (Å²) in [7, 11) is 0. The summed E-state index contributed by atoms with van der Waals surface area (Å²) in [6, 6.07) is 21.7. The molecule has 0 bridgehead atoms. The first kappa shape index (κ1) is 19.5. The predicted molar refractivity (Wildman–Crippen MR) is 114 cm³/mol. The number of aromatic hydroxyl groups is 1. The van der Waals surface area contributed by atoms with Crippen molar-refractivity contribution in [2.45, 2.75) is 12.8 Å². The number of halogens is 1. The van der Waals surface area contributed by atoms with E-state index < -0.39 is 11.9 Å². The van der Waals surface area contributed by atoms with E-state index in [2.05, 4.69) is 0 Å². The minimum Gasteiger partial charge on any atom is -0.508 e. The van der Waals surface area contributed by atoms with E-state index in [4.69, 9.17) is 4.74 Å². The summed E-state index contributed by atoms with van der Waals surface area (Å²) >= 11 is 0. The van der Waals surface area contributed by atoms with Gasteiger partial charge < -0.3 is 14.9 Å². The minimum atomic E-state index is -0.897. The highest BCUT2D eigenvalue weighted by molar-refractivity contribution is 5.96. The number of carbonyl (C=O) groups is 1. The van der Waals surface area contributed by atoms with Crippen molar-refractivity contribution in [1.82, 2.24) is 0 Å². The lowest BCUT2D eigenvalue weighted by atomic mass is 9.99. The third-order valence-corrected chi connectivity index (χ3v) is 5.06. The van der Waals surface area contributed by atoms with Crippen LogP contribution in [0, 0.1) is 5.82 Å². The van der Waals surface area contributed by atoms with Gasteiger partial charge in [0.05, 0.1) is 5.92 Å². The number of hydrogen-bond acceptors (Lipinski definition) is 3. The molecule has 0 aliphatic heterocycles. The Kier molecular flexibility index (Phi) is 5.11. The Bertz CT molecular complexity index is 1230. The molecular formula is C25H19FO4. The first-order chi connectivity index (χ1) is 14.4. The number of benzene rings is 4. The first-order valence-corrected chi connectivity index (χ1v) is 9.44. The van der Waals surface area contributed by atoms with Gasteiger partial charge in [-0.25, -0.2) is 4.39 Å². The molecule has 5 heteroatoms. The number of ether oxygens (including phenoxy) is 1. The molecule has 2 N–H and O–H groups in total. The molecule has 0 aliphatic rings. The molecule has 4 aromatic carbocycles. The number of rotatable bonds is 5. The quantitative estimate of drug-likeness (QED) is 0.409. The van der Waals surface area contributed by atoms with Crippen molar-refractivity contribution < 1.29 is 24.1 Å². The highest BCUT2D eigenvalue weighted by Crippen LogP contribution is 2.40. The average molecular weight is 402 g/mol. The fraction of sp³-hybridized carbons (Fsp3) is 0.0800. The number of carboxylic acid groups (broad SMARTS) is 1. The largest absolute Gasteiger partial charge is 0.508 e. The molecule has 0 fully saturated rings. The summed E-state index contributed by atoms with van der Waals surface area (Å²) in [5.41, 5.74) is 2.04. The van der Waals surface area contributed by atoms with E-state index in [9.17, 15) is 19.4 Å². The maximum atomic E-state index is 13.8. The Morgan fingerprint density at radius 3 is 2.43 bits per heavy atom. The summed E-state index contributed by atoms with van der Waals surface area (Å²) in [5, 5.41) is 20.5. The van der Waals surface area contributed by atoms with Crippen LogP contribution >= 0.6 is 0 Å². The standard InChI is InChI=1S/C25H19FO4/c1-15(25(28)29)16-5-9-21(10-6-16)30-24-22(17-3-2-4-19(26)13-17)11-7-18-14-20(27)8-12-23(18)24/h2-15,27H,1H3,(H,28,29). The molecule has 0 aromatic heterocycles. The van der Waals surface area contributed by atoms with Crippen LogP contribution in [0.5, 0.6) is 17.2 Å². The third-order valence-electron chi connectivity index (χ3n) is 5.06. The van der Waals surface area contributed by atoms with E-state index in [1.165, 1.54) is 12.1 Å². The molecule has 30 heavy (non-hydrogen) atoms. The van der Waals surface area contributed by atoms with Crippen LogP contribution in [0.3, 0.4) is 0 Å². The minimum absolute atomic E-state index is 0.138. The molecule has 0 aliphatic carbocycles. The smallest absolute Gasteiger partial charge is 0.310 e. The van der Waals surface area contributed by atoms with E-state index in [-0.39, 0.29) is 11.6 Å². The molecule has 1 atom stereocenters. The highest BCUT2D eigenvalue weighted by atomic mass is 19.1. The SMILES string of the molecule is CC(C(=O)O)c1ccc(Oc2c(-c3cccc(F)c3)ccc3cc(O)ccc23)cc1. The molecule has 4 aromatic rings. The topological polar surface area (TPSA) is 66.8 Å². The normalized spacial score (nSPS) is 11.9. The van der Waals surface area contributed by atoms with Crippen LogP contribution in [0.25, 0.3) is 21.9 Å². The van der Waals surface area contributed by atoms with E-state index in [1.807, 2.05) is 12.1 Å². The van der Waals surface area contributed by atoms with Gasteiger partial charge in [0.1, 0.15) is 23.1 Å². The second-order valence-corrected chi connectivity index (χ2v) is 7.09. The van der Waals surface area contributed by atoms with Crippen molar-refractivity contribution in [1.29, 1.82) is 0 Å². The molecule has 150 valence electrons. The van der Waals surface area contributed by atoms with E-state index in [0.717, 1.165) is 10.8 Å². The van der Waals surface area contributed by atoms with Gasteiger partial charge in [-0.2, -0.15) is 0 Å². The van der Waals surface area contributed by atoms with E-state index in [0.29, 0.717) is 28.2 Å². The molecule has 0 amide bonds. The monoisotopic (exact) mass is 402 g/mol. The lowest BCUT2D eigenvalue weighted by Gasteiger charge is -2.16. The zero-order valence-corrected chi connectivity index (χ0v) is 16.2. The van der Waals surface area contributed by atoms with Gasteiger partial charge in [-0.1, -0.05) is 30.3 Å². The molecule has 1 unspecified atom stereocenters. The van der Waals surface area contributed by atoms with Crippen molar-refractivity contribution in [3.05, 3.63) is 90.2 Å². The van der Waals surface area contributed by atoms with E-state index in [1.54, 1.807) is 61.5 Å². The maximum absolute atomic E-state index is 13.8. The number of aliphatic carboxylic acids is 1. The fourth-order valence-electron chi connectivity index (χ4n) is 3.37. The van der Waals surface area contributed by atoms with Crippen molar-refractivity contribution in [3.63, 3.8) is 0 Å². The number of carboxylic acids is 1. The van der Waals surface area contributed by atoms with Gasteiger partial charge in [0.15, 0.2) is 0 Å². The van der Waals surface area contributed by atoms with Crippen LogP contribution in [-0.4, -0.2) is 16.2 Å². The van der Waals surface area contributed by atoms with Gasteiger partial charge in [0, 0.05) is 10.9 Å². The van der Waals surface area contributed by atoms with Gasteiger partial charge in [-0.05, 0) is 72.0 Å². The lowest BCUT2D eigenvalue weighted by molar-refractivity contribution is -0.138. The average Bonchev–Trinajstić information content (AvgIpc) is 2.73. The zero-order valence-electron chi connectivity index (χ0n) is 16.2. The molecule has 0 saturated carbocycles. The molecule has 0 saturated heterocycles. The second-order valence-electron chi connectivity index (χ2n) is 7.09.